The van der Waals surface area contributed by atoms with E-state index in [2.05, 4.69) is 43.5 Å². The normalized spacial score (nSPS) is 20.8. The largest absolute Gasteiger partial charge is 0.379 e. The van der Waals surface area contributed by atoms with E-state index in [0.717, 1.165) is 63.1 Å². The molecule has 0 amide bonds. The molecule has 1 N–H and O–H groups in total. The third-order valence-electron chi connectivity index (χ3n) is 5.34. The number of aliphatic imine (C=N–C) groups is 1. The Balaban J connectivity index is 0.00000225. The van der Waals surface area contributed by atoms with Crippen LogP contribution in [-0.2, 0) is 11.3 Å². The van der Waals surface area contributed by atoms with Gasteiger partial charge in [-0.2, -0.15) is 5.10 Å². The molecule has 2 aliphatic rings. The molecule has 152 valence electrons. The first kappa shape index (κ1) is 21.1. The van der Waals surface area contributed by atoms with Crippen LogP contribution in [0.2, 0.25) is 0 Å². The summed E-state index contributed by atoms with van der Waals surface area (Å²) in [6.07, 6.45) is 5.16. The van der Waals surface area contributed by atoms with Crippen molar-refractivity contribution in [1.82, 2.24) is 24.9 Å². The Bertz CT molecular complexity index is 759. The summed E-state index contributed by atoms with van der Waals surface area (Å²) in [6.45, 7) is 6.60. The average Bonchev–Trinajstić information content (AvgIpc) is 3.40. The standard InChI is InChI=1S/C20H28N6O.HI/c1-21-20(25-8-7-19(16-25)24-9-11-27-12-10-24)22-13-17-14-23-26(15-17)18-5-3-2-4-6-18;/h2-6,14-15,19H,7-13,16H2,1H3,(H,21,22);1H. The molecule has 2 aliphatic heterocycles. The van der Waals surface area contributed by atoms with Crippen molar-refractivity contribution in [3.8, 4) is 5.69 Å². The molecule has 7 nitrogen and oxygen atoms in total. The fraction of sp³-hybridized carbons (Fsp3) is 0.500. The molecular weight excluding hydrogens is 467 g/mol. The van der Waals surface area contributed by atoms with E-state index in [9.17, 15) is 0 Å². The number of hydrogen-bond donors (Lipinski definition) is 1. The summed E-state index contributed by atoms with van der Waals surface area (Å²) < 4.78 is 7.38. The Morgan fingerprint density at radius 3 is 2.75 bits per heavy atom. The van der Waals surface area contributed by atoms with Crippen molar-refractivity contribution >= 4 is 29.9 Å². The second kappa shape index (κ2) is 10.2. The van der Waals surface area contributed by atoms with Crippen LogP contribution in [0.3, 0.4) is 0 Å². The fourth-order valence-corrected chi connectivity index (χ4v) is 3.86. The Hall–Kier alpha value is -1.65. The van der Waals surface area contributed by atoms with E-state index < -0.39 is 0 Å². The molecule has 1 aromatic carbocycles. The minimum atomic E-state index is 0. The molecule has 28 heavy (non-hydrogen) atoms. The maximum atomic E-state index is 5.48. The van der Waals surface area contributed by atoms with Gasteiger partial charge in [0, 0.05) is 57.6 Å². The molecule has 2 fully saturated rings. The van der Waals surface area contributed by atoms with Gasteiger partial charge in [0.15, 0.2) is 5.96 Å². The van der Waals surface area contributed by atoms with Crippen LogP contribution in [0, 0.1) is 0 Å². The SMILES string of the molecule is CN=C(NCc1cnn(-c2ccccc2)c1)N1CCC(N2CCOCC2)C1.I. The van der Waals surface area contributed by atoms with E-state index in [1.54, 1.807) is 0 Å². The Kier molecular flexibility index (Phi) is 7.69. The first-order valence-electron chi connectivity index (χ1n) is 9.70. The van der Waals surface area contributed by atoms with Crippen LogP contribution < -0.4 is 5.32 Å². The monoisotopic (exact) mass is 496 g/mol. The van der Waals surface area contributed by atoms with Gasteiger partial charge in [-0.1, -0.05) is 18.2 Å². The quantitative estimate of drug-likeness (QED) is 0.399. The highest BCUT2D eigenvalue weighted by Crippen LogP contribution is 2.17. The number of para-hydroxylation sites is 1. The number of hydrogen-bond acceptors (Lipinski definition) is 4. The first-order valence-corrected chi connectivity index (χ1v) is 9.70. The predicted octanol–water partition coefficient (Wildman–Crippen LogP) is 1.97. The number of morpholine rings is 1. The molecule has 0 saturated carbocycles. The molecule has 1 atom stereocenters. The topological polar surface area (TPSA) is 57.9 Å². The molecule has 8 heteroatoms. The van der Waals surface area contributed by atoms with Crippen molar-refractivity contribution in [2.75, 3.05) is 46.4 Å². The first-order chi connectivity index (χ1) is 13.3. The highest BCUT2D eigenvalue weighted by Gasteiger charge is 2.30. The van der Waals surface area contributed by atoms with Gasteiger partial charge in [-0.3, -0.25) is 9.89 Å². The second-order valence-corrected chi connectivity index (χ2v) is 7.07. The van der Waals surface area contributed by atoms with Crippen molar-refractivity contribution in [3.63, 3.8) is 0 Å². The Labute approximate surface area is 183 Å². The van der Waals surface area contributed by atoms with E-state index in [4.69, 9.17) is 4.74 Å². The maximum Gasteiger partial charge on any atom is 0.193 e. The van der Waals surface area contributed by atoms with E-state index >= 15 is 0 Å². The van der Waals surface area contributed by atoms with Gasteiger partial charge in [0.1, 0.15) is 0 Å². The molecule has 0 radical (unpaired) electrons. The number of nitrogens with one attached hydrogen (secondary N) is 1. The van der Waals surface area contributed by atoms with Crippen molar-refractivity contribution in [1.29, 1.82) is 0 Å². The lowest BCUT2D eigenvalue weighted by molar-refractivity contribution is 0.0195. The molecule has 3 heterocycles. The van der Waals surface area contributed by atoms with Crippen molar-refractivity contribution in [2.24, 2.45) is 4.99 Å². The smallest absolute Gasteiger partial charge is 0.193 e. The third-order valence-corrected chi connectivity index (χ3v) is 5.34. The predicted molar refractivity (Wildman–Crippen MR) is 122 cm³/mol. The van der Waals surface area contributed by atoms with Crippen molar-refractivity contribution < 1.29 is 4.74 Å². The molecule has 2 aromatic rings. The average molecular weight is 496 g/mol. The van der Waals surface area contributed by atoms with Crippen LogP contribution in [0.25, 0.3) is 5.69 Å². The number of halogens is 1. The summed E-state index contributed by atoms with van der Waals surface area (Å²) >= 11 is 0. The summed E-state index contributed by atoms with van der Waals surface area (Å²) in [5.74, 6) is 0.971. The number of guanidine groups is 1. The Morgan fingerprint density at radius 1 is 1.21 bits per heavy atom. The summed E-state index contributed by atoms with van der Waals surface area (Å²) in [4.78, 5) is 9.41. The third kappa shape index (κ3) is 5.03. The molecular formula is C20H29IN6O. The van der Waals surface area contributed by atoms with Gasteiger partial charge >= 0.3 is 0 Å². The van der Waals surface area contributed by atoms with Crippen LogP contribution in [0.4, 0.5) is 0 Å². The number of benzene rings is 1. The zero-order valence-electron chi connectivity index (χ0n) is 16.3. The molecule has 0 bridgehead atoms. The zero-order chi connectivity index (χ0) is 18.5. The Morgan fingerprint density at radius 2 is 2.00 bits per heavy atom. The van der Waals surface area contributed by atoms with E-state index in [1.807, 2.05) is 36.1 Å². The number of likely N-dealkylation sites (tertiary alicyclic amines) is 1. The lowest BCUT2D eigenvalue weighted by Gasteiger charge is -2.32. The molecule has 4 rings (SSSR count). The number of aromatic nitrogens is 2. The number of ether oxygens (including phenoxy) is 1. The lowest BCUT2D eigenvalue weighted by atomic mass is 10.2. The summed E-state index contributed by atoms with van der Waals surface area (Å²) in [5.41, 5.74) is 2.21. The highest BCUT2D eigenvalue weighted by molar-refractivity contribution is 14.0. The van der Waals surface area contributed by atoms with Crippen LogP contribution >= 0.6 is 24.0 Å². The van der Waals surface area contributed by atoms with Gasteiger partial charge in [-0.15, -0.1) is 24.0 Å². The second-order valence-electron chi connectivity index (χ2n) is 7.07. The maximum absolute atomic E-state index is 5.48. The van der Waals surface area contributed by atoms with Gasteiger partial charge < -0.3 is 15.0 Å². The van der Waals surface area contributed by atoms with Crippen LogP contribution in [0.15, 0.2) is 47.7 Å². The van der Waals surface area contributed by atoms with Crippen molar-refractivity contribution in [2.45, 2.75) is 19.0 Å². The summed E-state index contributed by atoms with van der Waals surface area (Å²) in [7, 11) is 1.86. The van der Waals surface area contributed by atoms with Gasteiger partial charge in [-0.05, 0) is 18.6 Å². The van der Waals surface area contributed by atoms with Gasteiger partial charge in [0.05, 0.1) is 25.1 Å². The highest BCUT2D eigenvalue weighted by atomic mass is 127. The molecule has 1 aromatic heterocycles. The van der Waals surface area contributed by atoms with Crippen LogP contribution in [0.1, 0.15) is 12.0 Å². The molecule has 2 saturated heterocycles. The van der Waals surface area contributed by atoms with Crippen molar-refractivity contribution in [3.05, 3.63) is 48.3 Å². The van der Waals surface area contributed by atoms with E-state index in [-0.39, 0.29) is 24.0 Å². The number of rotatable bonds is 4. The fourth-order valence-electron chi connectivity index (χ4n) is 3.86. The lowest BCUT2D eigenvalue weighted by Crippen LogP contribution is -2.46. The summed E-state index contributed by atoms with van der Waals surface area (Å²) in [5, 5.41) is 7.96. The summed E-state index contributed by atoms with van der Waals surface area (Å²) in [6, 6.07) is 10.8. The minimum absolute atomic E-state index is 0. The number of nitrogens with zero attached hydrogens (tertiary/aromatic N) is 5. The molecule has 0 spiro atoms. The minimum Gasteiger partial charge on any atom is -0.379 e. The molecule has 1 unspecified atom stereocenters. The van der Waals surface area contributed by atoms with Gasteiger partial charge in [-0.25, -0.2) is 4.68 Å². The van der Waals surface area contributed by atoms with E-state index in [1.165, 1.54) is 6.42 Å². The van der Waals surface area contributed by atoms with E-state index in [0.29, 0.717) is 6.04 Å². The van der Waals surface area contributed by atoms with Crippen LogP contribution in [0.5, 0.6) is 0 Å². The zero-order valence-corrected chi connectivity index (χ0v) is 18.7. The van der Waals surface area contributed by atoms with Gasteiger partial charge in [0.25, 0.3) is 0 Å². The molecule has 0 aliphatic carbocycles. The van der Waals surface area contributed by atoms with Gasteiger partial charge in [0.2, 0.25) is 0 Å². The van der Waals surface area contributed by atoms with Crippen LogP contribution in [-0.4, -0.2) is 78.0 Å².